The first kappa shape index (κ1) is 28.6. The van der Waals surface area contributed by atoms with Crippen LogP contribution in [0.1, 0.15) is 0 Å². The summed E-state index contributed by atoms with van der Waals surface area (Å²) in [5, 5.41) is 5.10. The quantitative estimate of drug-likeness (QED) is 0.182. The van der Waals surface area contributed by atoms with E-state index in [1.807, 2.05) is 78.9 Å². The Labute approximate surface area is 296 Å². The van der Waals surface area contributed by atoms with E-state index in [4.69, 9.17) is 23.2 Å². The molecule has 7 aromatic carbocycles. The molecular weight excluding hydrogens is 643 g/mol. The maximum Gasteiger partial charge on any atom is 0.180 e. The summed E-state index contributed by atoms with van der Waals surface area (Å²) in [5.74, 6) is 0.611. The van der Waals surface area contributed by atoms with Gasteiger partial charge in [0.05, 0.1) is 0 Å². The Bertz CT molecular complexity index is 3140. The molecule has 0 saturated carbocycles. The lowest BCUT2D eigenvalue weighted by Crippen LogP contribution is -2.09. The molecule has 244 valence electrons. The van der Waals surface area contributed by atoms with Crippen molar-refractivity contribution in [2.24, 2.45) is 0 Å². The molecule has 6 nitrogen and oxygen atoms in total. The molecule has 0 fully saturated rings. The summed E-state index contributed by atoms with van der Waals surface area (Å²) in [4.78, 5) is 12.6. The third kappa shape index (κ3) is 4.38. The van der Waals surface area contributed by atoms with Crippen LogP contribution in [0.3, 0.4) is 0 Å². The SMILES string of the molecule is c1ccc(-c2nc(-c3cccc4oc5cc(N(c6ccccc6)c6ccc7c(c6)oc6ccccc67)ccc5c34)nc3c2oc2ccccc23)cc1. The van der Waals surface area contributed by atoms with Crippen LogP contribution in [0.2, 0.25) is 0 Å². The van der Waals surface area contributed by atoms with E-state index in [9.17, 15) is 0 Å². The zero-order chi connectivity index (χ0) is 34.2. The van der Waals surface area contributed by atoms with E-state index in [0.717, 1.165) is 94.2 Å². The van der Waals surface area contributed by atoms with Gasteiger partial charge in [0, 0.05) is 67.3 Å². The summed E-state index contributed by atoms with van der Waals surface area (Å²) in [7, 11) is 0. The molecule has 4 aromatic heterocycles. The molecule has 0 radical (unpaired) electrons. The molecule has 4 heterocycles. The van der Waals surface area contributed by atoms with Crippen molar-refractivity contribution in [3.05, 3.63) is 164 Å². The van der Waals surface area contributed by atoms with Crippen LogP contribution in [0.4, 0.5) is 17.1 Å². The number of benzene rings is 7. The van der Waals surface area contributed by atoms with Crippen molar-refractivity contribution < 1.29 is 13.3 Å². The fourth-order valence-corrected chi connectivity index (χ4v) is 7.52. The van der Waals surface area contributed by atoms with Gasteiger partial charge in [0.25, 0.3) is 0 Å². The van der Waals surface area contributed by atoms with Crippen LogP contribution >= 0.6 is 0 Å². The second-order valence-corrected chi connectivity index (χ2v) is 12.9. The number of nitrogens with zero attached hydrogens (tertiary/aromatic N) is 3. The molecule has 0 amide bonds. The predicted octanol–water partition coefficient (Wildman–Crippen LogP) is 13.0. The summed E-state index contributed by atoms with van der Waals surface area (Å²) in [5.41, 5.74) is 11.1. The van der Waals surface area contributed by atoms with Crippen LogP contribution in [-0.4, -0.2) is 9.97 Å². The van der Waals surface area contributed by atoms with E-state index < -0.39 is 0 Å². The Hall–Kier alpha value is -7.18. The minimum Gasteiger partial charge on any atom is -0.456 e. The van der Waals surface area contributed by atoms with Crippen molar-refractivity contribution >= 4 is 83.0 Å². The highest BCUT2D eigenvalue weighted by molar-refractivity contribution is 6.14. The third-order valence-electron chi connectivity index (χ3n) is 9.88. The summed E-state index contributed by atoms with van der Waals surface area (Å²) >= 11 is 0. The lowest BCUT2D eigenvalue weighted by atomic mass is 10.0. The smallest absolute Gasteiger partial charge is 0.180 e. The number of fused-ring (bicyclic) bond motifs is 9. The van der Waals surface area contributed by atoms with Gasteiger partial charge < -0.3 is 18.2 Å². The molecule has 0 aliphatic heterocycles. The first-order valence-electron chi connectivity index (χ1n) is 17.2. The average Bonchev–Trinajstić information content (AvgIpc) is 3.89. The van der Waals surface area contributed by atoms with Gasteiger partial charge in [-0.15, -0.1) is 0 Å². The van der Waals surface area contributed by atoms with Crippen molar-refractivity contribution in [3.63, 3.8) is 0 Å². The Balaban J connectivity index is 1.10. The maximum absolute atomic E-state index is 6.63. The normalized spacial score (nSPS) is 11.8. The monoisotopic (exact) mass is 669 g/mol. The van der Waals surface area contributed by atoms with Gasteiger partial charge in [-0.25, -0.2) is 9.97 Å². The highest BCUT2D eigenvalue weighted by atomic mass is 16.3. The van der Waals surface area contributed by atoms with Gasteiger partial charge >= 0.3 is 0 Å². The average molecular weight is 670 g/mol. The van der Waals surface area contributed by atoms with Crippen LogP contribution in [0.25, 0.3) is 88.6 Å². The highest BCUT2D eigenvalue weighted by Crippen LogP contribution is 2.43. The third-order valence-corrected chi connectivity index (χ3v) is 9.88. The molecular formula is C46H27N3O3. The largest absolute Gasteiger partial charge is 0.456 e. The summed E-state index contributed by atoms with van der Waals surface area (Å²) in [6.45, 7) is 0. The topological polar surface area (TPSA) is 68.4 Å². The molecule has 11 rings (SSSR count). The van der Waals surface area contributed by atoms with E-state index in [2.05, 4.69) is 89.8 Å². The first-order valence-corrected chi connectivity index (χ1v) is 17.2. The number of anilines is 3. The van der Waals surface area contributed by atoms with Crippen LogP contribution in [-0.2, 0) is 0 Å². The van der Waals surface area contributed by atoms with Crippen molar-refractivity contribution in [2.75, 3.05) is 4.90 Å². The number of aromatic nitrogens is 2. The van der Waals surface area contributed by atoms with Gasteiger partial charge in [0.2, 0.25) is 0 Å². The van der Waals surface area contributed by atoms with Crippen molar-refractivity contribution in [3.8, 4) is 22.6 Å². The van der Waals surface area contributed by atoms with Gasteiger partial charge in [-0.2, -0.15) is 0 Å². The van der Waals surface area contributed by atoms with Crippen LogP contribution in [0, 0.1) is 0 Å². The Morgan fingerprint density at radius 1 is 0.404 bits per heavy atom. The Morgan fingerprint density at radius 2 is 1.00 bits per heavy atom. The summed E-state index contributed by atoms with van der Waals surface area (Å²) in [6, 6.07) is 55.5. The zero-order valence-electron chi connectivity index (χ0n) is 27.7. The molecule has 0 unspecified atom stereocenters. The molecule has 52 heavy (non-hydrogen) atoms. The molecule has 0 aliphatic rings. The Kier molecular flexibility index (Phi) is 6.15. The fourth-order valence-electron chi connectivity index (χ4n) is 7.52. The fraction of sp³-hybridized carbons (Fsp3) is 0. The number of furan rings is 3. The minimum absolute atomic E-state index is 0.611. The van der Waals surface area contributed by atoms with E-state index in [1.165, 1.54) is 0 Å². The van der Waals surface area contributed by atoms with Gasteiger partial charge in [0.15, 0.2) is 11.4 Å². The van der Waals surface area contributed by atoms with Crippen molar-refractivity contribution in [1.29, 1.82) is 0 Å². The van der Waals surface area contributed by atoms with Crippen LogP contribution < -0.4 is 4.90 Å². The second kappa shape index (κ2) is 11.2. The maximum atomic E-state index is 6.63. The van der Waals surface area contributed by atoms with E-state index in [0.29, 0.717) is 11.4 Å². The second-order valence-electron chi connectivity index (χ2n) is 12.9. The number of rotatable bonds is 5. The zero-order valence-corrected chi connectivity index (χ0v) is 27.7. The summed E-state index contributed by atoms with van der Waals surface area (Å²) in [6.07, 6.45) is 0. The lowest BCUT2D eigenvalue weighted by Gasteiger charge is -2.25. The van der Waals surface area contributed by atoms with Gasteiger partial charge in [-0.1, -0.05) is 91.0 Å². The molecule has 0 saturated heterocycles. The molecule has 0 spiro atoms. The predicted molar refractivity (Wildman–Crippen MR) is 209 cm³/mol. The summed E-state index contributed by atoms with van der Waals surface area (Å²) < 4.78 is 19.3. The van der Waals surface area contributed by atoms with Gasteiger partial charge in [-0.3, -0.25) is 0 Å². The molecule has 0 bridgehead atoms. The molecule has 0 aliphatic carbocycles. The van der Waals surface area contributed by atoms with Crippen molar-refractivity contribution in [2.45, 2.75) is 0 Å². The molecule has 6 heteroatoms. The van der Waals surface area contributed by atoms with Crippen LogP contribution in [0.5, 0.6) is 0 Å². The van der Waals surface area contributed by atoms with E-state index in [1.54, 1.807) is 0 Å². The number of para-hydroxylation sites is 3. The standard InChI is InChI=1S/C46H27N3O3/c1-3-12-28(13-4-1)43-45-44(35-17-8-10-20-38(35)52-45)48-46(47-43)36-18-11-21-39-42(36)34-25-23-31(27-41(34)51-39)49(29-14-5-2-6-15-29)30-22-24-33-32-16-7-9-19-37(32)50-40(33)26-30/h1-27H. The molecule has 0 atom stereocenters. The lowest BCUT2D eigenvalue weighted by molar-refractivity contribution is 0.667. The van der Waals surface area contributed by atoms with Gasteiger partial charge in [-0.05, 0) is 60.7 Å². The highest BCUT2D eigenvalue weighted by Gasteiger charge is 2.22. The molecule has 11 aromatic rings. The van der Waals surface area contributed by atoms with Crippen molar-refractivity contribution in [1.82, 2.24) is 9.97 Å². The number of hydrogen-bond acceptors (Lipinski definition) is 6. The van der Waals surface area contributed by atoms with Crippen LogP contribution in [0.15, 0.2) is 177 Å². The van der Waals surface area contributed by atoms with E-state index in [-0.39, 0.29) is 0 Å². The minimum atomic E-state index is 0.611. The molecule has 0 N–H and O–H groups in total. The Morgan fingerprint density at radius 3 is 1.79 bits per heavy atom. The van der Waals surface area contributed by atoms with Gasteiger partial charge in [0.1, 0.15) is 39.1 Å². The number of hydrogen-bond donors (Lipinski definition) is 0. The van der Waals surface area contributed by atoms with E-state index >= 15 is 0 Å². The first-order chi connectivity index (χ1) is 25.8.